The Bertz CT molecular complexity index is 307. The number of sulfonamides is 1. The maximum absolute atomic E-state index is 11.9. The summed E-state index contributed by atoms with van der Waals surface area (Å²) in [7, 11) is -3.07. The first-order valence-corrected chi connectivity index (χ1v) is 8.90. The lowest BCUT2D eigenvalue weighted by molar-refractivity contribution is 0.364. The van der Waals surface area contributed by atoms with E-state index >= 15 is 0 Å². The Kier molecular flexibility index (Phi) is 7.19. The van der Waals surface area contributed by atoms with E-state index in [2.05, 4.69) is 23.9 Å². The lowest BCUT2D eigenvalue weighted by Gasteiger charge is -2.22. The van der Waals surface area contributed by atoms with Crippen LogP contribution in [0.25, 0.3) is 0 Å². The van der Waals surface area contributed by atoms with E-state index in [0.29, 0.717) is 18.4 Å². The molecule has 2 N–H and O–H groups in total. The van der Waals surface area contributed by atoms with Gasteiger partial charge in [0.15, 0.2) is 0 Å². The van der Waals surface area contributed by atoms with Crippen molar-refractivity contribution >= 4 is 10.0 Å². The zero-order valence-electron chi connectivity index (χ0n) is 11.7. The molecule has 1 aliphatic heterocycles. The second kappa shape index (κ2) is 8.12. The van der Waals surface area contributed by atoms with Gasteiger partial charge in [-0.3, -0.25) is 0 Å². The van der Waals surface area contributed by atoms with Crippen LogP contribution in [0.3, 0.4) is 0 Å². The molecule has 0 saturated carbocycles. The van der Waals surface area contributed by atoms with E-state index in [9.17, 15) is 8.42 Å². The molecule has 0 aromatic carbocycles. The highest BCUT2D eigenvalue weighted by Gasteiger charge is 2.18. The van der Waals surface area contributed by atoms with Crippen molar-refractivity contribution < 1.29 is 8.42 Å². The molecule has 4 nitrogen and oxygen atoms in total. The lowest BCUT2D eigenvalue weighted by atomic mass is 9.96. The van der Waals surface area contributed by atoms with Crippen molar-refractivity contribution in [1.82, 2.24) is 10.0 Å². The van der Waals surface area contributed by atoms with Gasteiger partial charge in [-0.1, -0.05) is 26.7 Å². The molecule has 0 spiro atoms. The van der Waals surface area contributed by atoms with E-state index in [1.54, 1.807) is 0 Å². The molecule has 0 amide bonds. The standard InChI is InChI=1S/C13H28N2O2S/c1-3-12(4-2)11-15-18(16,17)10-7-13-5-8-14-9-6-13/h12-15H,3-11H2,1-2H3. The molecule has 0 aliphatic carbocycles. The number of rotatable bonds is 8. The fourth-order valence-electron chi connectivity index (χ4n) is 2.39. The van der Waals surface area contributed by atoms with Gasteiger partial charge in [-0.2, -0.15) is 0 Å². The summed E-state index contributed by atoms with van der Waals surface area (Å²) in [5.41, 5.74) is 0. The van der Waals surface area contributed by atoms with Crippen molar-refractivity contribution in [3.05, 3.63) is 0 Å². The van der Waals surface area contributed by atoms with Crippen LogP contribution in [0.2, 0.25) is 0 Å². The lowest BCUT2D eigenvalue weighted by Crippen LogP contribution is -2.33. The molecule has 18 heavy (non-hydrogen) atoms. The summed E-state index contributed by atoms with van der Waals surface area (Å²) in [6, 6.07) is 0. The Morgan fingerprint density at radius 1 is 1.22 bits per heavy atom. The Balaban J connectivity index is 2.26. The fraction of sp³-hybridized carbons (Fsp3) is 1.00. The molecule has 1 heterocycles. The molecular formula is C13H28N2O2S. The molecule has 0 bridgehead atoms. The van der Waals surface area contributed by atoms with Gasteiger partial charge in [0.25, 0.3) is 0 Å². The van der Waals surface area contributed by atoms with Crippen LogP contribution < -0.4 is 10.0 Å². The predicted octanol–water partition coefficient (Wildman–Crippen LogP) is 1.73. The third-order valence-electron chi connectivity index (χ3n) is 4.00. The highest BCUT2D eigenvalue weighted by atomic mass is 32.2. The highest BCUT2D eigenvalue weighted by Crippen LogP contribution is 2.16. The quantitative estimate of drug-likeness (QED) is 0.710. The van der Waals surface area contributed by atoms with Gasteiger partial charge in [0.2, 0.25) is 10.0 Å². The predicted molar refractivity (Wildman–Crippen MR) is 76.1 cm³/mol. The largest absolute Gasteiger partial charge is 0.317 e. The maximum atomic E-state index is 11.9. The molecule has 0 aromatic heterocycles. The summed E-state index contributed by atoms with van der Waals surface area (Å²) in [5.74, 6) is 1.34. The van der Waals surface area contributed by atoms with Gasteiger partial charge in [-0.15, -0.1) is 0 Å². The van der Waals surface area contributed by atoms with Gasteiger partial charge in [0.1, 0.15) is 0 Å². The van der Waals surface area contributed by atoms with Crippen LogP contribution in [-0.2, 0) is 10.0 Å². The number of nitrogens with one attached hydrogen (secondary N) is 2. The Labute approximate surface area is 112 Å². The van der Waals surface area contributed by atoms with Crippen molar-refractivity contribution in [3.63, 3.8) is 0 Å². The molecule has 5 heteroatoms. The van der Waals surface area contributed by atoms with Gasteiger partial charge in [-0.05, 0) is 44.2 Å². The number of piperidine rings is 1. The SMILES string of the molecule is CCC(CC)CNS(=O)(=O)CCC1CCNCC1. The number of hydrogen-bond donors (Lipinski definition) is 2. The molecular weight excluding hydrogens is 248 g/mol. The van der Waals surface area contributed by atoms with Crippen molar-refractivity contribution in [3.8, 4) is 0 Å². The Morgan fingerprint density at radius 2 is 1.83 bits per heavy atom. The van der Waals surface area contributed by atoms with Crippen LogP contribution in [0, 0.1) is 11.8 Å². The van der Waals surface area contributed by atoms with E-state index in [0.717, 1.165) is 45.2 Å². The molecule has 0 unspecified atom stereocenters. The summed E-state index contributed by atoms with van der Waals surface area (Å²) < 4.78 is 26.5. The minimum Gasteiger partial charge on any atom is -0.317 e. The summed E-state index contributed by atoms with van der Waals surface area (Å²) in [6.45, 7) is 6.88. The van der Waals surface area contributed by atoms with E-state index in [1.807, 2.05) is 0 Å². The average Bonchev–Trinajstić information content (AvgIpc) is 2.39. The zero-order valence-corrected chi connectivity index (χ0v) is 12.6. The van der Waals surface area contributed by atoms with Crippen molar-refractivity contribution in [2.75, 3.05) is 25.4 Å². The van der Waals surface area contributed by atoms with E-state index < -0.39 is 10.0 Å². The van der Waals surface area contributed by atoms with Gasteiger partial charge in [0, 0.05) is 6.54 Å². The Hall–Kier alpha value is -0.130. The van der Waals surface area contributed by atoms with Crippen molar-refractivity contribution in [1.29, 1.82) is 0 Å². The molecule has 108 valence electrons. The first-order chi connectivity index (χ1) is 8.57. The molecule has 1 fully saturated rings. The van der Waals surface area contributed by atoms with Gasteiger partial charge >= 0.3 is 0 Å². The summed E-state index contributed by atoms with van der Waals surface area (Å²) in [4.78, 5) is 0. The van der Waals surface area contributed by atoms with Crippen LogP contribution in [0.4, 0.5) is 0 Å². The molecule has 0 aromatic rings. The van der Waals surface area contributed by atoms with Crippen LogP contribution >= 0.6 is 0 Å². The maximum Gasteiger partial charge on any atom is 0.211 e. The zero-order chi connectivity index (χ0) is 13.4. The van der Waals surface area contributed by atoms with E-state index in [1.165, 1.54) is 0 Å². The van der Waals surface area contributed by atoms with Crippen LogP contribution in [0.1, 0.15) is 46.0 Å². The molecule has 1 rings (SSSR count). The fourth-order valence-corrected chi connectivity index (χ4v) is 3.66. The Morgan fingerprint density at radius 3 is 2.39 bits per heavy atom. The van der Waals surface area contributed by atoms with Crippen LogP contribution in [-0.4, -0.2) is 33.8 Å². The van der Waals surface area contributed by atoms with E-state index in [-0.39, 0.29) is 5.75 Å². The minimum absolute atomic E-state index is 0.289. The minimum atomic E-state index is -3.07. The smallest absolute Gasteiger partial charge is 0.211 e. The molecule has 1 aliphatic rings. The normalized spacial score (nSPS) is 18.4. The van der Waals surface area contributed by atoms with Gasteiger partial charge in [0.05, 0.1) is 5.75 Å². The third kappa shape index (κ3) is 6.16. The highest BCUT2D eigenvalue weighted by molar-refractivity contribution is 7.89. The van der Waals surface area contributed by atoms with Gasteiger partial charge < -0.3 is 5.32 Å². The van der Waals surface area contributed by atoms with E-state index in [4.69, 9.17) is 0 Å². The second-order valence-electron chi connectivity index (χ2n) is 5.33. The van der Waals surface area contributed by atoms with Crippen LogP contribution in [0.15, 0.2) is 0 Å². The monoisotopic (exact) mass is 276 g/mol. The summed E-state index contributed by atoms with van der Waals surface area (Å²) >= 11 is 0. The summed E-state index contributed by atoms with van der Waals surface area (Å²) in [6.07, 6.45) is 5.10. The van der Waals surface area contributed by atoms with Crippen molar-refractivity contribution in [2.45, 2.75) is 46.0 Å². The van der Waals surface area contributed by atoms with Crippen LogP contribution in [0.5, 0.6) is 0 Å². The first kappa shape index (κ1) is 15.9. The summed E-state index contributed by atoms with van der Waals surface area (Å²) in [5, 5.41) is 3.30. The van der Waals surface area contributed by atoms with Gasteiger partial charge in [-0.25, -0.2) is 13.1 Å². The number of hydrogen-bond acceptors (Lipinski definition) is 3. The molecule has 0 atom stereocenters. The topological polar surface area (TPSA) is 58.2 Å². The van der Waals surface area contributed by atoms with Crippen molar-refractivity contribution in [2.24, 2.45) is 11.8 Å². The second-order valence-corrected chi connectivity index (χ2v) is 7.26. The molecule has 1 saturated heterocycles. The first-order valence-electron chi connectivity index (χ1n) is 7.25. The third-order valence-corrected chi connectivity index (χ3v) is 5.38. The molecule has 0 radical (unpaired) electrons. The average molecular weight is 276 g/mol.